The van der Waals surface area contributed by atoms with Crippen LogP contribution in [0.5, 0.6) is 0 Å². The van der Waals surface area contributed by atoms with Crippen LogP contribution in [0.15, 0.2) is 0 Å². The minimum Gasteiger partial charge on any atom is -0.392 e. The molecule has 2 fully saturated rings. The van der Waals surface area contributed by atoms with E-state index in [-0.39, 0.29) is 28.4 Å². The second-order valence-electron chi connectivity index (χ2n) is 5.53. The number of sulfone groups is 1. The summed E-state index contributed by atoms with van der Waals surface area (Å²) in [6, 6.07) is -0.276. The van der Waals surface area contributed by atoms with Crippen molar-refractivity contribution in [1.29, 1.82) is 0 Å². The molecule has 0 aliphatic carbocycles. The van der Waals surface area contributed by atoms with Gasteiger partial charge >= 0.3 is 0 Å². The predicted molar refractivity (Wildman–Crippen MR) is 79.1 cm³/mol. The Labute approximate surface area is 124 Å². The van der Waals surface area contributed by atoms with Crippen molar-refractivity contribution < 1.29 is 17.9 Å². The number of rotatable bonds is 3. The molecule has 114 valence electrons. The number of nitrogens with two attached hydrogens (primary N) is 1. The SMILES string of the molecule is CN(C(=O)C1(C(N)=S)CCOCC1)C1CCS(=O)(=O)C1. The Hall–Kier alpha value is -0.730. The Morgan fingerprint density at radius 3 is 2.45 bits per heavy atom. The molecule has 20 heavy (non-hydrogen) atoms. The number of ether oxygens (including phenoxy) is 1. The monoisotopic (exact) mass is 320 g/mol. The first-order valence-electron chi connectivity index (χ1n) is 6.64. The summed E-state index contributed by atoms with van der Waals surface area (Å²) in [7, 11) is -1.39. The number of hydrogen-bond acceptors (Lipinski definition) is 5. The van der Waals surface area contributed by atoms with Crippen LogP contribution in [0, 0.1) is 5.41 Å². The summed E-state index contributed by atoms with van der Waals surface area (Å²) in [5, 5.41) is 0. The molecule has 0 radical (unpaired) electrons. The fourth-order valence-corrected chi connectivity index (χ4v) is 4.94. The molecule has 1 atom stereocenters. The molecule has 2 saturated heterocycles. The third-order valence-corrected chi connectivity index (χ3v) is 6.44. The highest BCUT2D eigenvalue weighted by Crippen LogP contribution is 2.34. The molecule has 2 N–H and O–H groups in total. The van der Waals surface area contributed by atoms with Crippen LogP contribution in [0.1, 0.15) is 19.3 Å². The van der Waals surface area contributed by atoms with Gasteiger partial charge in [0.2, 0.25) is 5.91 Å². The molecule has 0 aromatic carbocycles. The van der Waals surface area contributed by atoms with E-state index in [4.69, 9.17) is 22.7 Å². The topological polar surface area (TPSA) is 89.7 Å². The molecule has 0 aromatic rings. The van der Waals surface area contributed by atoms with Crippen LogP contribution < -0.4 is 5.73 Å². The molecule has 2 aliphatic heterocycles. The fraction of sp³-hybridized carbons (Fsp3) is 0.833. The molecule has 1 unspecified atom stereocenters. The van der Waals surface area contributed by atoms with Crippen LogP contribution in [-0.4, -0.2) is 62.0 Å². The first kappa shape index (κ1) is 15.7. The molecule has 0 aromatic heterocycles. The van der Waals surface area contributed by atoms with Crippen molar-refractivity contribution in [3.63, 3.8) is 0 Å². The van der Waals surface area contributed by atoms with E-state index in [1.54, 1.807) is 7.05 Å². The number of hydrogen-bond donors (Lipinski definition) is 1. The lowest BCUT2D eigenvalue weighted by atomic mass is 9.78. The molecule has 0 bridgehead atoms. The van der Waals surface area contributed by atoms with Crippen molar-refractivity contribution in [2.24, 2.45) is 11.1 Å². The van der Waals surface area contributed by atoms with E-state index in [9.17, 15) is 13.2 Å². The van der Waals surface area contributed by atoms with Gasteiger partial charge in [-0.05, 0) is 19.3 Å². The summed E-state index contributed by atoms with van der Waals surface area (Å²) in [4.78, 5) is 14.5. The van der Waals surface area contributed by atoms with Crippen molar-refractivity contribution >= 4 is 33.0 Å². The minimum atomic E-state index is -3.03. The lowest BCUT2D eigenvalue weighted by Gasteiger charge is -2.39. The van der Waals surface area contributed by atoms with Gasteiger partial charge in [-0.3, -0.25) is 4.79 Å². The normalized spacial score (nSPS) is 27.9. The molecule has 2 heterocycles. The molecule has 0 spiro atoms. The van der Waals surface area contributed by atoms with Gasteiger partial charge in [-0.15, -0.1) is 0 Å². The number of nitrogens with zero attached hydrogens (tertiary/aromatic N) is 1. The Morgan fingerprint density at radius 1 is 1.40 bits per heavy atom. The highest BCUT2D eigenvalue weighted by molar-refractivity contribution is 7.91. The molecule has 1 amide bonds. The largest absolute Gasteiger partial charge is 0.392 e. The van der Waals surface area contributed by atoms with Crippen LogP contribution >= 0.6 is 12.2 Å². The van der Waals surface area contributed by atoms with Crippen molar-refractivity contribution in [2.45, 2.75) is 25.3 Å². The maximum absolute atomic E-state index is 12.8. The molecular formula is C12H20N2O4S2. The first-order chi connectivity index (χ1) is 9.28. The Bertz CT molecular complexity index is 512. The third kappa shape index (κ3) is 2.82. The highest BCUT2D eigenvalue weighted by Gasteiger charge is 2.46. The summed E-state index contributed by atoms with van der Waals surface area (Å²) in [5.74, 6) is -0.00662. The van der Waals surface area contributed by atoms with Crippen LogP contribution in [-0.2, 0) is 19.4 Å². The van der Waals surface area contributed by atoms with E-state index in [1.165, 1.54) is 4.90 Å². The minimum absolute atomic E-state index is 0.0269. The van der Waals surface area contributed by atoms with Crippen molar-refractivity contribution in [1.82, 2.24) is 4.90 Å². The zero-order valence-corrected chi connectivity index (χ0v) is 13.1. The molecule has 2 rings (SSSR count). The molecule has 2 aliphatic rings. The molecule has 6 nitrogen and oxygen atoms in total. The van der Waals surface area contributed by atoms with Crippen LogP contribution in [0.2, 0.25) is 0 Å². The van der Waals surface area contributed by atoms with Gasteiger partial charge in [0.05, 0.1) is 16.5 Å². The second kappa shape index (κ2) is 5.57. The fourth-order valence-electron chi connectivity index (χ4n) is 2.87. The lowest BCUT2D eigenvalue weighted by Crippen LogP contribution is -2.54. The second-order valence-corrected chi connectivity index (χ2v) is 8.20. The van der Waals surface area contributed by atoms with Crippen LogP contribution in [0.3, 0.4) is 0 Å². The Kier molecular flexibility index (Phi) is 4.36. The van der Waals surface area contributed by atoms with Gasteiger partial charge in [-0.1, -0.05) is 12.2 Å². The molecule has 0 saturated carbocycles. The Morgan fingerprint density at radius 2 is 2.00 bits per heavy atom. The summed E-state index contributed by atoms with van der Waals surface area (Å²) >= 11 is 5.10. The van der Waals surface area contributed by atoms with E-state index in [1.807, 2.05) is 0 Å². The van der Waals surface area contributed by atoms with Crippen LogP contribution in [0.4, 0.5) is 0 Å². The maximum Gasteiger partial charge on any atom is 0.235 e. The average Bonchev–Trinajstić information content (AvgIpc) is 2.78. The van der Waals surface area contributed by atoms with E-state index in [0.717, 1.165) is 0 Å². The maximum atomic E-state index is 12.8. The molecule has 8 heteroatoms. The zero-order chi connectivity index (χ0) is 15.0. The van der Waals surface area contributed by atoms with E-state index >= 15 is 0 Å². The van der Waals surface area contributed by atoms with Crippen molar-refractivity contribution in [3.05, 3.63) is 0 Å². The van der Waals surface area contributed by atoms with Gasteiger partial charge in [0.15, 0.2) is 9.84 Å². The highest BCUT2D eigenvalue weighted by atomic mass is 32.2. The van der Waals surface area contributed by atoms with E-state index in [2.05, 4.69) is 0 Å². The van der Waals surface area contributed by atoms with Gasteiger partial charge < -0.3 is 15.4 Å². The third-order valence-electron chi connectivity index (χ3n) is 4.30. The van der Waals surface area contributed by atoms with Crippen molar-refractivity contribution in [3.8, 4) is 0 Å². The number of carbonyl (C=O) groups excluding carboxylic acids is 1. The van der Waals surface area contributed by atoms with Crippen molar-refractivity contribution in [2.75, 3.05) is 31.8 Å². The predicted octanol–water partition coefficient (Wildman–Crippen LogP) is -0.285. The summed E-state index contributed by atoms with van der Waals surface area (Å²) < 4.78 is 28.4. The summed E-state index contributed by atoms with van der Waals surface area (Å²) in [5.41, 5.74) is 4.92. The summed E-state index contributed by atoms with van der Waals surface area (Å²) in [6.45, 7) is 0.889. The van der Waals surface area contributed by atoms with Gasteiger partial charge in [-0.25, -0.2) is 8.42 Å². The summed E-state index contributed by atoms with van der Waals surface area (Å²) in [6.07, 6.45) is 1.41. The smallest absolute Gasteiger partial charge is 0.235 e. The zero-order valence-electron chi connectivity index (χ0n) is 11.5. The van der Waals surface area contributed by atoms with E-state index in [0.29, 0.717) is 32.5 Å². The van der Waals surface area contributed by atoms with Gasteiger partial charge in [0, 0.05) is 26.3 Å². The average molecular weight is 320 g/mol. The number of carbonyl (C=O) groups is 1. The number of amides is 1. The lowest BCUT2D eigenvalue weighted by molar-refractivity contribution is -0.142. The first-order valence-corrected chi connectivity index (χ1v) is 8.87. The number of thiocarbonyl (C=S) groups is 1. The van der Waals surface area contributed by atoms with Crippen LogP contribution in [0.25, 0.3) is 0 Å². The molecular weight excluding hydrogens is 300 g/mol. The van der Waals surface area contributed by atoms with Gasteiger partial charge in [-0.2, -0.15) is 0 Å². The quantitative estimate of drug-likeness (QED) is 0.719. The Balaban J connectivity index is 2.18. The van der Waals surface area contributed by atoms with Gasteiger partial charge in [0.1, 0.15) is 5.41 Å². The van der Waals surface area contributed by atoms with Gasteiger partial charge in [0.25, 0.3) is 0 Å². The van der Waals surface area contributed by atoms with E-state index < -0.39 is 15.3 Å². The standard InChI is InChI=1S/C12H20N2O4S2/c1-14(9-2-7-20(16,17)8-9)11(15)12(10(13)19)3-5-18-6-4-12/h9H,2-8H2,1H3,(H2,13,19).